The minimum atomic E-state index is -0.0517. The molecular formula is C24H44BaN6. The monoisotopic (exact) mass is 554 g/mol. The van der Waals surface area contributed by atoms with Gasteiger partial charge in [-0.15, -0.1) is 0 Å². The van der Waals surface area contributed by atoms with Gasteiger partial charge in [-0.3, -0.25) is 20.0 Å². The van der Waals surface area contributed by atoms with Gasteiger partial charge >= 0.3 is 48.9 Å². The molecular weight excluding hydrogens is 510 g/mol. The molecule has 2 heterocycles. The van der Waals surface area contributed by atoms with E-state index in [9.17, 15) is 0 Å². The predicted octanol–water partition coefficient (Wildman–Crippen LogP) is 4.16. The molecule has 0 spiro atoms. The third-order valence-corrected chi connectivity index (χ3v) is 3.13. The van der Waals surface area contributed by atoms with Crippen molar-refractivity contribution < 1.29 is 0 Å². The number of nitrogens with zero attached hydrogens (tertiary/aromatic N) is 4. The van der Waals surface area contributed by atoms with E-state index >= 15 is 0 Å². The van der Waals surface area contributed by atoms with E-state index < -0.39 is 0 Å². The van der Waals surface area contributed by atoms with Crippen LogP contribution in [0.3, 0.4) is 0 Å². The van der Waals surface area contributed by atoms with Gasteiger partial charge in [-0.25, -0.2) is 0 Å². The van der Waals surface area contributed by atoms with Crippen LogP contribution in [0.15, 0.2) is 44.3 Å². The van der Waals surface area contributed by atoms with E-state index in [4.69, 9.17) is 0 Å². The average molecular weight is 554 g/mol. The van der Waals surface area contributed by atoms with Crippen molar-refractivity contribution in [1.82, 2.24) is 10.6 Å². The van der Waals surface area contributed by atoms with Crippen LogP contribution in [0.5, 0.6) is 0 Å². The summed E-state index contributed by atoms with van der Waals surface area (Å²) in [7, 11) is 0. The van der Waals surface area contributed by atoms with Crippen LogP contribution in [0.4, 0.5) is 0 Å². The molecule has 0 unspecified atom stereocenters. The van der Waals surface area contributed by atoms with Gasteiger partial charge in [0.2, 0.25) is 0 Å². The molecule has 0 radical (unpaired) electrons. The Morgan fingerprint density at radius 3 is 0.710 bits per heavy atom. The van der Waals surface area contributed by atoms with Crippen molar-refractivity contribution in [3.8, 4) is 0 Å². The second kappa shape index (κ2) is 11.5. The fraction of sp³-hybridized carbons (Fsp3) is 0.667. The summed E-state index contributed by atoms with van der Waals surface area (Å²) in [5.74, 6) is 3.58. The standard InChI is InChI=1S/2C12H21N3.Ba.2H/c2*1-11(2,3)14-9-7-8-10(13-9)15-12(4,5)6;;;/h2*7-8H,1-6H3,(H,13,14,15);;;. The molecule has 7 heteroatoms. The summed E-state index contributed by atoms with van der Waals surface area (Å²) in [5.41, 5.74) is -0.207. The second-order valence-corrected chi connectivity index (χ2v) is 11.6. The quantitative estimate of drug-likeness (QED) is 0.442. The Hall–Kier alpha value is -0.669. The Labute approximate surface area is 230 Å². The Bertz CT molecular complexity index is 654. The normalized spacial score (nSPS) is 21.8. The van der Waals surface area contributed by atoms with Crippen molar-refractivity contribution in [3.05, 3.63) is 24.3 Å². The van der Waals surface area contributed by atoms with Gasteiger partial charge < -0.3 is 10.6 Å². The van der Waals surface area contributed by atoms with Crippen LogP contribution in [-0.4, -0.2) is 94.4 Å². The van der Waals surface area contributed by atoms with Gasteiger partial charge in [0.25, 0.3) is 0 Å². The van der Waals surface area contributed by atoms with Crippen molar-refractivity contribution in [2.24, 2.45) is 20.0 Å². The summed E-state index contributed by atoms with van der Waals surface area (Å²) >= 11 is 0. The topological polar surface area (TPSA) is 73.5 Å². The predicted molar refractivity (Wildman–Crippen MR) is 142 cm³/mol. The number of nitrogens with one attached hydrogen (secondary N) is 2. The molecule has 0 atom stereocenters. The summed E-state index contributed by atoms with van der Waals surface area (Å²) in [5, 5.41) is 6.39. The summed E-state index contributed by atoms with van der Waals surface area (Å²) in [4.78, 5) is 18.1. The van der Waals surface area contributed by atoms with E-state index in [1.54, 1.807) is 0 Å². The molecule has 0 amide bonds. The average Bonchev–Trinajstić information content (AvgIpc) is 3.02. The summed E-state index contributed by atoms with van der Waals surface area (Å²) < 4.78 is 0. The van der Waals surface area contributed by atoms with Gasteiger partial charge in [-0.1, -0.05) is 0 Å². The third-order valence-electron chi connectivity index (χ3n) is 3.13. The zero-order valence-corrected chi connectivity index (χ0v) is 21.1. The molecule has 6 nitrogen and oxygen atoms in total. The van der Waals surface area contributed by atoms with Crippen LogP contribution in [-0.2, 0) is 0 Å². The minimum absolute atomic E-state index is 0. The van der Waals surface area contributed by atoms with Crippen LogP contribution >= 0.6 is 0 Å². The first-order valence-corrected chi connectivity index (χ1v) is 10.6. The molecule has 2 rings (SSSR count). The zero-order valence-electron chi connectivity index (χ0n) is 21.1. The molecule has 31 heavy (non-hydrogen) atoms. The molecule has 2 aliphatic heterocycles. The summed E-state index contributed by atoms with van der Waals surface area (Å²) in [6, 6.07) is 0. The Balaban J connectivity index is 0.000000562. The summed E-state index contributed by atoms with van der Waals surface area (Å²) in [6.45, 7) is 24.9. The molecule has 0 fully saturated rings. The van der Waals surface area contributed by atoms with Gasteiger partial charge in [-0.05, 0) is 107 Å². The first-order valence-electron chi connectivity index (χ1n) is 10.6. The van der Waals surface area contributed by atoms with Gasteiger partial charge in [0.15, 0.2) is 0 Å². The molecule has 0 aromatic heterocycles. The van der Waals surface area contributed by atoms with Crippen molar-refractivity contribution in [3.63, 3.8) is 0 Å². The van der Waals surface area contributed by atoms with Gasteiger partial charge in [0.1, 0.15) is 23.3 Å². The molecule has 0 saturated carbocycles. The number of amidine groups is 4. The maximum atomic E-state index is 4.53. The Kier molecular flexibility index (Phi) is 11.2. The van der Waals surface area contributed by atoms with E-state index in [1.165, 1.54) is 0 Å². The third kappa shape index (κ3) is 15.7. The molecule has 0 bridgehead atoms. The fourth-order valence-corrected chi connectivity index (χ4v) is 2.45. The zero-order chi connectivity index (χ0) is 23.4. The van der Waals surface area contributed by atoms with E-state index in [0.29, 0.717) is 0 Å². The van der Waals surface area contributed by atoms with E-state index in [1.807, 2.05) is 24.3 Å². The number of hydrogen-bond acceptors (Lipinski definition) is 4. The molecule has 0 aliphatic carbocycles. The Morgan fingerprint density at radius 2 is 0.581 bits per heavy atom. The SMILES string of the molecule is CC(C)(C)N=C1C=CC(=NC(C)(C)C)N1.CC(C)(C)N=C1C=CC(=NC(C)(C)C)N1.[BaH2]. The number of aliphatic imine (C=N–C) groups is 4. The molecule has 0 aromatic rings. The molecule has 2 aliphatic rings. The van der Waals surface area contributed by atoms with Crippen LogP contribution in [0.1, 0.15) is 83.1 Å². The fourth-order valence-electron chi connectivity index (χ4n) is 2.45. The van der Waals surface area contributed by atoms with E-state index in [0.717, 1.165) is 23.3 Å². The number of hydrogen-bond donors (Lipinski definition) is 2. The van der Waals surface area contributed by atoms with E-state index in [-0.39, 0.29) is 71.0 Å². The van der Waals surface area contributed by atoms with Crippen molar-refractivity contribution in [2.45, 2.75) is 105 Å². The maximum absolute atomic E-state index is 4.53. The van der Waals surface area contributed by atoms with Crippen molar-refractivity contribution >= 4 is 72.2 Å². The van der Waals surface area contributed by atoms with Gasteiger partial charge in [0.05, 0.1) is 22.2 Å². The van der Waals surface area contributed by atoms with Gasteiger partial charge in [0, 0.05) is 0 Å². The van der Waals surface area contributed by atoms with Crippen molar-refractivity contribution in [2.75, 3.05) is 0 Å². The molecule has 0 saturated heterocycles. The van der Waals surface area contributed by atoms with E-state index in [2.05, 4.69) is 114 Å². The number of rotatable bonds is 0. The van der Waals surface area contributed by atoms with Crippen LogP contribution < -0.4 is 10.6 Å². The molecule has 0 aromatic carbocycles. The first kappa shape index (κ1) is 30.3. The second-order valence-electron chi connectivity index (χ2n) is 11.6. The van der Waals surface area contributed by atoms with Crippen molar-refractivity contribution in [1.29, 1.82) is 0 Å². The van der Waals surface area contributed by atoms with Crippen LogP contribution in [0, 0.1) is 0 Å². The Morgan fingerprint density at radius 1 is 0.419 bits per heavy atom. The molecule has 2 N–H and O–H groups in total. The first-order chi connectivity index (χ1) is 13.3. The van der Waals surface area contributed by atoms with Crippen LogP contribution in [0.25, 0.3) is 0 Å². The van der Waals surface area contributed by atoms with Gasteiger partial charge in [-0.2, -0.15) is 0 Å². The van der Waals surface area contributed by atoms with Crippen LogP contribution in [0.2, 0.25) is 0 Å². The molecule has 172 valence electrons. The summed E-state index contributed by atoms with van der Waals surface area (Å²) in [6.07, 6.45) is 7.87.